The fourth-order valence-electron chi connectivity index (χ4n) is 3.13. The molecule has 5 nitrogen and oxygen atoms in total. The number of amides is 2. The van der Waals surface area contributed by atoms with Gasteiger partial charge in [0, 0.05) is 25.2 Å². The summed E-state index contributed by atoms with van der Waals surface area (Å²) in [7, 11) is 2.01. The Bertz CT molecular complexity index is 941. The van der Waals surface area contributed by atoms with Crippen molar-refractivity contribution in [1.29, 1.82) is 0 Å². The fraction of sp³-hybridized carbons (Fsp3) is 0.200. The van der Waals surface area contributed by atoms with E-state index in [0.717, 1.165) is 24.2 Å². The molecule has 0 aromatic heterocycles. The Kier molecular flexibility index (Phi) is 7.75. The van der Waals surface area contributed by atoms with Gasteiger partial charge in [-0.15, -0.1) is 0 Å². The summed E-state index contributed by atoms with van der Waals surface area (Å²) in [5.74, 6) is -0.455. The van der Waals surface area contributed by atoms with Crippen molar-refractivity contribution in [3.05, 3.63) is 96.1 Å². The molecule has 0 aliphatic rings. The van der Waals surface area contributed by atoms with E-state index >= 15 is 0 Å². The Labute approximate surface area is 177 Å². The SMILES string of the molecule is CN(CCNC(=O)CNC(=O)c1ccc(-c2ccccc2)cc1)Cc1ccccc1. The molecule has 0 bridgehead atoms. The minimum Gasteiger partial charge on any atom is -0.353 e. The maximum Gasteiger partial charge on any atom is 0.251 e. The lowest BCUT2D eigenvalue weighted by Crippen LogP contribution is -2.39. The summed E-state index contributed by atoms with van der Waals surface area (Å²) in [4.78, 5) is 26.4. The number of hydrogen-bond acceptors (Lipinski definition) is 3. The Balaban J connectivity index is 1.37. The second-order valence-electron chi connectivity index (χ2n) is 7.20. The van der Waals surface area contributed by atoms with Gasteiger partial charge in [-0.05, 0) is 35.9 Å². The van der Waals surface area contributed by atoms with E-state index in [9.17, 15) is 9.59 Å². The molecule has 3 rings (SSSR count). The van der Waals surface area contributed by atoms with E-state index in [-0.39, 0.29) is 18.4 Å². The van der Waals surface area contributed by atoms with Crippen molar-refractivity contribution in [2.45, 2.75) is 6.54 Å². The van der Waals surface area contributed by atoms with Crippen LogP contribution in [-0.4, -0.2) is 43.4 Å². The summed E-state index contributed by atoms with van der Waals surface area (Å²) >= 11 is 0. The molecule has 2 amide bonds. The van der Waals surface area contributed by atoms with Crippen LogP contribution in [0.1, 0.15) is 15.9 Å². The second-order valence-corrected chi connectivity index (χ2v) is 7.20. The van der Waals surface area contributed by atoms with Crippen LogP contribution in [0.3, 0.4) is 0 Å². The van der Waals surface area contributed by atoms with E-state index < -0.39 is 0 Å². The van der Waals surface area contributed by atoms with Gasteiger partial charge in [-0.3, -0.25) is 9.59 Å². The predicted octanol–water partition coefficient (Wildman–Crippen LogP) is 3.33. The lowest BCUT2D eigenvalue weighted by Gasteiger charge is -2.17. The third kappa shape index (κ3) is 6.57. The first kappa shape index (κ1) is 21.3. The van der Waals surface area contributed by atoms with Crippen LogP contribution in [-0.2, 0) is 11.3 Å². The van der Waals surface area contributed by atoms with E-state index in [1.54, 1.807) is 12.1 Å². The molecule has 0 spiro atoms. The van der Waals surface area contributed by atoms with E-state index in [4.69, 9.17) is 0 Å². The van der Waals surface area contributed by atoms with Crippen molar-refractivity contribution in [3.63, 3.8) is 0 Å². The van der Waals surface area contributed by atoms with E-state index in [1.165, 1.54) is 5.56 Å². The highest BCUT2D eigenvalue weighted by atomic mass is 16.2. The van der Waals surface area contributed by atoms with Gasteiger partial charge in [0.15, 0.2) is 0 Å². The molecule has 0 heterocycles. The molecule has 5 heteroatoms. The van der Waals surface area contributed by atoms with Crippen LogP contribution in [0.5, 0.6) is 0 Å². The Hall–Kier alpha value is -3.44. The van der Waals surface area contributed by atoms with Gasteiger partial charge in [0.05, 0.1) is 6.54 Å². The maximum absolute atomic E-state index is 12.3. The summed E-state index contributed by atoms with van der Waals surface area (Å²) in [6, 6.07) is 27.5. The molecule has 3 aromatic rings. The highest BCUT2D eigenvalue weighted by Crippen LogP contribution is 2.19. The maximum atomic E-state index is 12.3. The van der Waals surface area contributed by atoms with Crippen molar-refractivity contribution in [3.8, 4) is 11.1 Å². The zero-order valence-corrected chi connectivity index (χ0v) is 17.2. The summed E-state index contributed by atoms with van der Waals surface area (Å²) in [5, 5.41) is 5.51. The van der Waals surface area contributed by atoms with Crippen molar-refractivity contribution >= 4 is 11.8 Å². The van der Waals surface area contributed by atoms with Crippen molar-refractivity contribution in [1.82, 2.24) is 15.5 Å². The average molecular weight is 402 g/mol. The zero-order valence-electron chi connectivity index (χ0n) is 17.2. The second kappa shape index (κ2) is 10.9. The van der Waals surface area contributed by atoms with Gasteiger partial charge >= 0.3 is 0 Å². The number of hydrogen-bond donors (Lipinski definition) is 2. The fourth-order valence-corrected chi connectivity index (χ4v) is 3.13. The third-order valence-electron chi connectivity index (χ3n) is 4.77. The number of carbonyl (C=O) groups excluding carboxylic acids is 2. The number of benzene rings is 3. The Morgan fingerprint density at radius 1 is 0.767 bits per heavy atom. The number of rotatable bonds is 9. The van der Waals surface area contributed by atoms with Crippen LogP contribution in [0.25, 0.3) is 11.1 Å². The largest absolute Gasteiger partial charge is 0.353 e. The first-order chi connectivity index (χ1) is 14.6. The molecule has 0 saturated heterocycles. The predicted molar refractivity (Wildman–Crippen MR) is 120 cm³/mol. The molecular weight excluding hydrogens is 374 g/mol. The van der Waals surface area contributed by atoms with E-state index in [1.807, 2.05) is 67.7 Å². The van der Waals surface area contributed by atoms with Gasteiger partial charge in [0.1, 0.15) is 0 Å². The number of carbonyl (C=O) groups is 2. The van der Waals surface area contributed by atoms with Gasteiger partial charge in [0.2, 0.25) is 5.91 Å². The molecule has 154 valence electrons. The van der Waals surface area contributed by atoms with Gasteiger partial charge in [-0.25, -0.2) is 0 Å². The topological polar surface area (TPSA) is 61.4 Å². The monoisotopic (exact) mass is 401 g/mol. The molecule has 3 aromatic carbocycles. The van der Waals surface area contributed by atoms with E-state index in [0.29, 0.717) is 12.1 Å². The highest BCUT2D eigenvalue weighted by Gasteiger charge is 2.09. The van der Waals surface area contributed by atoms with Gasteiger partial charge in [0.25, 0.3) is 5.91 Å². The molecule has 0 unspecified atom stereocenters. The molecule has 0 fully saturated rings. The van der Waals surface area contributed by atoms with Gasteiger partial charge in [-0.1, -0.05) is 72.8 Å². The molecule has 0 saturated carbocycles. The van der Waals surface area contributed by atoms with Crippen LogP contribution < -0.4 is 10.6 Å². The Morgan fingerprint density at radius 3 is 2.03 bits per heavy atom. The normalized spacial score (nSPS) is 10.6. The Morgan fingerprint density at radius 2 is 1.37 bits per heavy atom. The van der Waals surface area contributed by atoms with Crippen molar-refractivity contribution in [2.75, 3.05) is 26.7 Å². The standard InChI is InChI=1S/C25H27N3O2/c1-28(19-20-8-4-2-5-9-20)17-16-26-24(29)18-27-25(30)23-14-12-22(13-15-23)21-10-6-3-7-11-21/h2-15H,16-19H2,1H3,(H,26,29)(H,27,30). The van der Waals surface area contributed by atoms with Crippen LogP contribution in [0, 0.1) is 0 Å². The molecule has 2 N–H and O–H groups in total. The third-order valence-corrected chi connectivity index (χ3v) is 4.77. The lowest BCUT2D eigenvalue weighted by molar-refractivity contribution is -0.120. The molecule has 0 atom stereocenters. The summed E-state index contributed by atoms with van der Waals surface area (Å²) in [6.07, 6.45) is 0. The summed E-state index contributed by atoms with van der Waals surface area (Å²) < 4.78 is 0. The molecule has 0 aliphatic heterocycles. The molecular formula is C25H27N3O2. The number of nitrogens with zero attached hydrogens (tertiary/aromatic N) is 1. The first-order valence-corrected chi connectivity index (χ1v) is 10.0. The van der Waals surface area contributed by atoms with Crippen LogP contribution in [0.2, 0.25) is 0 Å². The highest BCUT2D eigenvalue weighted by molar-refractivity contribution is 5.96. The van der Waals surface area contributed by atoms with E-state index in [2.05, 4.69) is 27.7 Å². The number of likely N-dealkylation sites (N-methyl/N-ethyl adjacent to an activating group) is 1. The van der Waals surface area contributed by atoms with Crippen molar-refractivity contribution in [2.24, 2.45) is 0 Å². The molecule has 0 aliphatic carbocycles. The average Bonchev–Trinajstić information content (AvgIpc) is 2.79. The van der Waals surface area contributed by atoms with Crippen LogP contribution in [0.4, 0.5) is 0 Å². The molecule has 0 radical (unpaired) electrons. The minimum atomic E-state index is -0.258. The van der Waals surface area contributed by atoms with Crippen LogP contribution in [0.15, 0.2) is 84.9 Å². The zero-order chi connectivity index (χ0) is 21.2. The van der Waals surface area contributed by atoms with Crippen molar-refractivity contribution < 1.29 is 9.59 Å². The summed E-state index contributed by atoms with van der Waals surface area (Å²) in [5.41, 5.74) is 3.91. The minimum absolute atomic E-state index is 0.0400. The summed E-state index contributed by atoms with van der Waals surface area (Å²) in [6.45, 7) is 2.05. The van der Waals surface area contributed by atoms with Crippen LogP contribution >= 0.6 is 0 Å². The molecule has 30 heavy (non-hydrogen) atoms. The number of nitrogens with one attached hydrogen (secondary N) is 2. The first-order valence-electron chi connectivity index (χ1n) is 10.0. The lowest BCUT2D eigenvalue weighted by atomic mass is 10.0. The van der Waals surface area contributed by atoms with Gasteiger partial charge in [-0.2, -0.15) is 0 Å². The smallest absolute Gasteiger partial charge is 0.251 e. The van der Waals surface area contributed by atoms with Gasteiger partial charge < -0.3 is 15.5 Å². The quantitative estimate of drug-likeness (QED) is 0.578.